The van der Waals surface area contributed by atoms with Gasteiger partial charge in [-0.3, -0.25) is 9.69 Å². The average molecular weight is 415 g/mol. The number of fused-ring (bicyclic) bond motifs is 1. The first-order valence-electron chi connectivity index (χ1n) is 10.2. The number of carbonyl (C=O) groups is 1. The third kappa shape index (κ3) is 4.51. The lowest BCUT2D eigenvalue weighted by Gasteiger charge is -2.25. The SMILES string of the molecule is Cc1cc(C)c(NC(=O)CN2CCC[C@@H]2c2ccc3c(c2)OCCCO3)c(Cl)c1. The van der Waals surface area contributed by atoms with Gasteiger partial charge >= 0.3 is 0 Å². The molecule has 0 spiro atoms. The van der Waals surface area contributed by atoms with Crippen LogP contribution in [0.4, 0.5) is 5.69 Å². The fourth-order valence-electron chi connectivity index (χ4n) is 4.22. The Balaban J connectivity index is 1.46. The van der Waals surface area contributed by atoms with Crippen LogP contribution in [0.1, 0.15) is 42.0 Å². The van der Waals surface area contributed by atoms with Gasteiger partial charge in [-0.05, 0) is 68.1 Å². The van der Waals surface area contributed by atoms with Crippen LogP contribution in [0.5, 0.6) is 11.5 Å². The number of hydrogen-bond acceptors (Lipinski definition) is 4. The lowest BCUT2D eigenvalue weighted by molar-refractivity contribution is -0.117. The summed E-state index contributed by atoms with van der Waals surface area (Å²) in [4.78, 5) is 15.0. The van der Waals surface area contributed by atoms with Gasteiger partial charge in [0.05, 0.1) is 30.5 Å². The van der Waals surface area contributed by atoms with Crippen LogP contribution in [0.3, 0.4) is 0 Å². The summed E-state index contributed by atoms with van der Waals surface area (Å²) in [7, 11) is 0. The second-order valence-corrected chi connectivity index (χ2v) is 8.28. The van der Waals surface area contributed by atoms with Crippen molar-refractivity contribution in [3.63, 3.8) is 0 Å². The minimum Gasteiger partial charge on any atom is -0.490 e. The van der Waals surface area contributed by atoms with E-state index in [0.717, 1.165) is 48.4 Å². The van der Waals surface area contributed by atoms with E-state index in [1.54, 1.807) is 0 Å². The molecule has 6 heteroatoms. The third-order valence-electron chi connectivity index (χ3n) is 5.56. The number of nitrogens with zero attached hydrogens (tertiary/aromatic N) is 1. The van der Waals surface area contributed by atoms with Crippen LogP contribution >= 0.6 is 11.6 Å². The van der Waals surface area contributed by atoms with Crippen molar-refractivity contribution in [3.8, 4) is 11.5 Å². The first kappa shape index (κ1) is 20.0. The molecular formula is C23H27ClN2O3. The molecular weight excluding hydrogens is 388 g/mol. The van der Waals surface area contributed by atoms with Crippen LogP contribution in [0.15, 0.2) is 30.3 Å². The summed E-state index contributed by atoms with van der Waals surface area (Å²) in [5.74, 6) is 1.57. The molecule has 2 aromatic rings. The molecule has 0 saturated carbocycles. The lowest BCUT2D eigenvalue weighted by Crippen LogP contribution is -2.33. The van der Waals surface area contributed by atoms with Crippen molar-refractivity contribution in [2.24, 2.45) is 0 Å². The largest absolute Gasteiger partial charge is 0.490 e. The minimum absolute atomic E-state index is 0.0416. The zero-order valence-electron chi connectivity index (χ0n) is 17.0. The quantitative estimate of drug-likeness (QED) is 0.773. The van der Waals surface area contributed by atoms with Crippen LogP contribution < -0.4 is 14.8 Å². The highest BCUT2D eigenvalue weighted by molar-refractivity contribution is 6.34. The summed E-state index contributed by atoms with van der Waals surface area (Å²) in [6, 6.07) is 10.3. The fraction of sp³-hybridized carbons (Fsp3) is 0.435. The summed E-state index contributed by atoms with van der Waals surface area (Å²) in [5.41, 5.74) is 3.93. The molecule has 154 valence electrons. The number of benzene rings is 2. The van der Waals surface area contributed by atoms with E-state index in [1.165, 1.54) is 5.56 Å². The Hall–Kier alpha value is -2.24. The van der Waals surface area contributed by atoms with E-state index >= 15 is 0 Å². The molecule has 0 aromatic heterocycles. The number of aryl methyl sites for hydroxylation is 2. The summed E-state index contributed by atoms with van der Waals surface area (Å²) in [6.07, 6.45) is 2.98. The van der Waals surface area contributed by atoms with Crippen LogP contribution in [-0.4, -0.2) is 37.1 Å². The summed E-state index contributed by atoms with van der Waals surface area (Å²) in [6.45, 7) is 6.54. The van der Waals surface area contributed by atoms with E-state index in [-0.39, 0.29) is 11.9 Å². The van der Waals surface area contributed by atoms with Crippen molar-refractivity contribution in [1.82, 2.24) is 4.90 Å². The number of nitrogens with one attached hydrogen (secondary N) is 1. The number of ether oxygens (including phenoxy) is 2. The van der Waals surface area contributed by atoms with Gasteiger partial charge < -0.3 is 14.8 Å². The average Bonchev–Trinajstić information content (AvgIpc) is 3.00. The van der Waals surface area contributed by atoms with E-state index in [2.05, 4.69) is 22.3 Å². The number of carbonyl (C=O) groups excluding carboxylic acids is 1. The topological polar surface area (TPSA) is 50.8 Å². The fourth-order valence-corrected chi connectivity index (χ4v) is 4.59. The molecule has 0 aliphatic carbocycles. The van der Waals surface area contributed by atoms with Gasteiger partial charge in [0.1, 0.15) is 0 Å². The Kier molecular flexibility index (Phi) is 5.97. The minimum atomic E-state index is -0.0416. The van der Waals surface area contributed by atoms with Gasteiger partial charge in [0.25, 0.3) is 0 Å². The second kappa shape index (κ2) is 8.64. The van der Waals surface area contributed by atoms with Gasteiger partial charge in [-0.25, -0.2) is 0 Å². The first-order valence-corrected chi connectivity index (χ1v) is 10.6. The number of amides is 1. The Morgan fingerprint density at radius 3 is 2.72 bits per heavy atom. The molecule has 0 radical (unpaired) electrons. The second-order valence-electron chi connectivity index (χ2n) is 7.87. The molecule has 0 unspecified atom stereocenters. The predicted octanol–water partition coefficient (Wildman–Crippen LogP) is 4.89. The maximum absolute atomic E-state index is 12.8. The number of likely N-dealkylation sites (tertiary alicyclic amines) is 1. The molecule has 2 aliphatic heterocycles. The highest BCUT2D eigenvalue weighted by atomic mass is 35.5. The molecule has 1 N–H and O–H groups in total. The highest BCUT2D eigenvalue weighted by Gasteiger charge is 2.29. The van der Waals surface area contributed by atoms with E-state index in [0.29, 0.717) is 30.5 Å². The highest BCUT2D eigenvalue weighted by Crippen LogP contribution is 2.38. The Morgan fingerprint density at radius 1 is 1.14 bits per heavy atom. The molecule has 1 fully saturated rings. The Labute approximate surface area is 176 Å². The maximum Gasteiger partial charge on any atom is 0.238 e. The van der Waals surface area contributed by atoms with Gasteiger partial charge in [0, 0.05) is 12.5 Å². The smallest absolute Gasteiger partial charge is 0.238 e. The van der Waals surface area contributed by atoms with Gasteiger partial charge in [-0.2, -0.15) is 0 Å². The number of hydrogen-bond donors (Lipinski definition) is 1. The number of halogens is 1. The summed E-state index contributed by atoms with van der Waals surface area (Å²) >= 11 is 6.35. The normalized spacial score (nSPS) is 19.1. The van der Waals surface area contributed by atoms with E-state index in [4.69, 9.17) is 21.1 Å². The van der Waals surface area contributed by atoms with Crippen LogP contribution in [0, 0.1) is 13.8 Å². The molecule has 1 saturated heterocycles. The zero-order valence-corrected chi connectivity index (χ0v) is 17.7. The van der Waals surface area contributed by atoms with Crippen molar-refractivity contribution in [2.45, 2.75) is 39.2 Å². The predicted molar refractivity (Wildman–Crippen MR) is 115 cm³/mol. The number of rotatable bonds is 4. The van der Waals surface area contributed by atoms with Crippen LogP contribution in [0.2, 0.25) is 5.02 Å². The standard InChI is InChI=1S/C23H27ClN2O3/c1-15-11-16(2)23(18(24)12-15)25-22(27)14-26-8-3-5-19(26)17-6-7-20-21(13-17)29-10-4-9-28-20/h6-7,11-13,19H,3-5,8-10,14H2,1-2H3,(H,25,27)/t19-/m1/s1. The lowest BCUT2D eigenvalue weighted by atomic mass is 10.0. The van der Waals surface area contributed by atoms with Gasteiger partial charge in [-0.1, -0.05) is 23.7 Å². The molecule has 1 atom stereocenters. The van der Waals surface area contributed by atoms with Crippen molar-refractivity contribution in [3.05, 3.63) is 52.0 Å². The van der Waals surface area contributed by atoms with Gasteiger partial charge in [-0.15, -0.1) is 0 Å². The van der Waals surface area contributed by atoms with Crippen molar-refractivity contribution in [2.75, 3.05) is 31.6 Å². The van der Waals surface area contributed by atoms with Gasteiger partial charge in [0.2, 0.25) is 5.91 Å². The van der Waals surface area contributed by atoms with Gasteiger partial charge in [0.15, 0.2) is 11.5 Å². The summed E-state index contributed by atoms with van der Waals surface area (Å²) < 4.78 is 11.6. The molecule has 0 bridgehead atoms. The van der Waals surface area contributed by atoms with Crippen LogP contribution in [-0.2, 0) is 4.79 Å². The third-order valence-corrected chi connectivity index (χ3v) is 5.86. The van der Waals surface area contributed by atoms with Crippen molar-refractivity contribution in [1.29, 1.82) is 0 Å². The van der Waals surface area contributed by atoms with E-state index < -0.39 is 0 Å². The van der Waals surface area contributed by atoms with E-state index in [9.17, 15) is 4.79 Å². The van der Waals surface area contributed by atoms with Crippen molar-refractivity contribution < 1.29 is 14.3 Å². The molecule has 2 aromatic carbocycles. The molecule has 2 aliphatic rings. The molecule has 4 rings (SSSR count). The first-order chi connectivity index (χ1) is 14.0. The monoisotopic (exact) mass is 414 g/mol. The Morgan fingerprint density at radius 2 is 1.93 bits per heavy atom. The number of anilines is 1. The molecule has 1 amide bonds. The van der Waals surface area contributed by atoms with E-state index in [1.807, 2.05) is 32.0 Å². The Bertz CT molecular complexity index is 892. The van der Waals surface area contributed by atoms with Crippen molar-refractivity contribution >= 4 is 23.2 Å². The molecule has 5 nitrogen and oxygen atoms in total. The molecule has 2 heterocycles. The molecule has 29 heavy (non-hydrogen) atoms. The zero-order chi connectivity index (χ0) is 20.4. The maximum atomic E-state index is 12.8. The summed E-state index contributed by atoms with van der Waals surface area (Å²) in [5, 5.41) is 3.59. The van der Waals surface area contributed by atoms with Crippen LogP contribution in [0.25, 0.3) is 0 Å².